The summed E-state index contributed by atoms with van der Waals surface area (Å²) in [6, 6.07) is 0. The van der Waals surface area contributed by atoms with E-state index in [1.165, 1.54) is 32.1 Å². The van der Waals surface area contributed by atoms with Crippen molar-refractivity contribution in [3.63, 3.8) is 0 Å². The van der Waals surface area contributed by atoms with Crippen molar-refractivity contribution in [1.29, 1.82) is 0 Å². The highest BCUT2D eigenvalue weighted by atomic mass is 16.6. The van der Waals surface area contributed by atoms with E-state index in [4.69, 9.17) is 14.5 Å². The van der Waals surface area contributed by atoms with Gasteiger partial charge in [0.15, 0.2) is 5.82 Å². The van der Waals surface area contributed by atoms with E-state index in [9.17, 15) is 9.59 Å². The normalized spacial score (nSPS) is 16.3. The number of alkyl carbamates (subject to hydrolysis) is 1. The molecule has 3 N–H and O–H groups in total. The molecule has 9 heteroatoms. The summed E-state index contributed by atoms with van der Waals surface area (Å²) in [4.78, 5) is 27.8. The number of hydroxylamine groups is 1. The van der Waals surface area contributed by atoms with Gasteiger partial charge in [0, 0.05) is 12.3 Å². The first-order chi connectivity index (χ1) is 13.8. The summed E-state index contributed by atoms with van der Waals surface area (Å²) in [5.74, 6) is 0.658. The molecule has 0 aliphatic heterocycles. The van der Waals surface area contributed by atoms with Crippen LogP contribution in [0.25, 0.3) is 0 Å². The predicted molar refractivity (Wildman–Crippen MR) is 105 cm³/mol. The standard InChI is InChI=1S/C20H34N4O5/c1-20(2,3)28-19(26)21-13-16-22-18(29-24-16)15(12-17(25)23-27)11-7-10-14-8-5-4-6-9-14/h14-15,27H,4-13H2,1-3H3,(H,21,26)(H,23,25)/t15-/m1/s1. The maximum absolute atomic E-state index is 11.7. The van der Waals surface area contributed by atoms with Crippen LogP contribution in [0.1, 0.15) is 96.2 Å². The van der Waals surface area contributed by atoms with Crippen LogP contribution < -0.4 is 10.8 Å². The van der Waals surface area contributed by atoms with Crippen molar-refractivity contribution in [2.45, 2.75) is 96.6 Å². The topological polar surface area (TPSA) is 127 Å². The molecular formula is C20H34N4O5. The third-order valence-corrected chi connectivity index (χ3v) is 5.07. The molecule has 1 saturated carbocycles. The number of amides is 2. The zero-order chi connectivity index (χ0) is 21.3. The number of carbonyl (C=O) groups is 2. The Balaban J connectivity index is 1.88. The van der Waals surface area contributed by atoms with Gasteiger partial charge < -0.3 is 14.6 Å². The number of rotatable bonds is 9. The van der Waals surface area contributed by atoms with Crippen molar-refractivity contribution in [3.8, 4) is 0 Å². The van der Waals surface area contributed by atoms with Crippen LogP contribution in [-0.4, -0.2) is 32.9 Å². The third-order valence-electron chi connectivity index (χ3n) is 5.07. The average molecular weight is 411 g/mol. The number of aromatic nitrogens is 2. The quantitative estimate of drug-likeness (QED) is 0.417. The Morgan fingerprint density at radius 1 is 1.28 bits per heavy atom. The Hall–Kier alpha value is -2.16. The fourth-order valence-electron chi connectivity index (χ4n) is 3.68. The minimum atomic E-state index is -0.590. The van der Waals surface area contributed by atoms with Crippen LogP contribution in [0.2, 0.25) is 0 Å². The molecule has 0 aromatic carbocycles. The first kappa shape index (κ1) is 23.1. The smallest absolute Gasteiger partial charge is 0.408 e. The van der Waals surface area contributed by atoms with E-state index in [-0.39, 0.29) is 18.9 Å². The molecule has 1 aliphatic carbocycles. The molecule has 1 aromatic rings. The lowest BCUT2D eigenvalue weighted by Gasteiger charge is -2.22. The largest absolute Gasteiger partial charge is 0.444 e. The average Bonchev–Trinajstić information content (AvgIpc) is 3.14. The molecule has 9 nitrogen and oxygen atoms in total. The molecule has 2 rings (SSSR count). The first-order valence-corrected chi connectivity index (χ1v) is 10.5. The lowest BCUT2D eigenvalue weighted by molar-refractivity contribution is -0.129. The number of nitrogens with one attached hydrogen (secondary N) is 2. The van der Waals surface area contributed by atoms with Gasteiger partial charge in [-0.1, -0.05) is 50.1 Å². The molecule has 0 saturated heterocycles. The lowest BCUT2D eigenvalue weighted by atomic mass is 9.84. The maximum atomic E-state index is 11.7. The van der Waals surface area contributed by atoms with Crippen LogP contribution in [0.15, 0.2) is 4.52 Å². The summed E-state index contributed by atoms with van der Waals surface area (Å²) >= 11 is 0. The second-order valence-electron chi connectivity index (χ2n) is 8.78. The molecule has 29 heavy (non-hydrogen) atoms. The number of hydrogen-bond donors (Lipinski definition) is 3. The van der Waals surface area contributed by atoms with Gasteiger partial charge in [0.1, 0.15) is 5.60 Å². The molecule has 1 heterocycles. The van der Waals surface area contributed by atoms with Crippen LogP contribution in [0, 0.1) is 5.92 Å². The molecule has 0 radical (unpaired) electrons. The monoisotopic (exact) mass is 410 g/mol. The second-order valence-corrected chi connectivity index (χ2v) is 8.78. The lowest BCUT2D eigenvalue weighted by Crippen LogP contribution is -2.32. The van der Waals surface area contributed by atoms with E-state index < -0.39 is 17.6 Å². The molecule has 0 spiro atoms. The third kappa shape index (κ3) is 8.81. The molecular weight excluding hydrogens is 376 g/mol. The fourth-order valence-corrected chi connectivity index (χ4v) is 3.68. The number of carbonyl (C=O) groups excluding carboxylic acids is 2. The fraction of sp³-hybridized carbons (Fsp3) is 0.800. The highest BCUT2D eigenvalue weighted by Crippen LogP contribution is 2.31. The van der Waals surface area contributed by atoms with Crippen molar-refractivity contribution < 1.29 is 24.1 Å². The van der Waals surface area contributed by atoms with Gasteiger partial charge in [0.05, 0.1) is 6.54 Å². The van der Waals surface area contributed by atoms with Crippen LogP contribution in [-0.2, 0) is 16.1 Å². The van der Waals surface area contributed by atoms with Crippen LogP contribution in [0.4, 0.5) is 4.79 Å². The molecule has 1 aromatic heterocycles. The van der Waals surface area contributed by atoms with Gasteiger partial charge in [0.2, 0.25) is 11.8 Å². The minimum Gasteiger partial charge on any atom is -0.444 e. The molecule has 0 bridgehead atoms. The maximum Gasteiger partial charge on any atom is 0.408 e. The van der Waals surface area contributed by atoms with Gasteiger partial charge in [0.25, 0.3) is 0 Å². The number of ether oxygens (including phenoxy) is 1. The van der Waals surface area contributed by atoms with Crippen molar-refractivity contribution in [2.75, 3.05) is 0 Å². The van der Waals surface area contributed by atoms with E-state index in [1.807, 2.05) is 0 Å². The summed E-state index contributed by atoms with van der Waals surface area (Å²) < 4.78 is 10.5. The Bertz CT molecular complexity index is 650. The molecule has 164 valence electrons. The van der Waals surface area contributed by atoms with Gasteiger partial charge in [-0.25, -0.2) is 10.3 Å². The Labute approximate surface area is 171 Å². The number of nitrogens with zero attached hydrogens (tertiary/aromatic N) is 2. The molecule has 1 aliphatic rings. The summed E-state index contributed by atoms with van der Waals surface area (Å²) in [5, 5.41) is 15.3. The second kappa shape index (κ2) is 11.1. The van der Waals surface area contributed by atoms with E-state index in [0.29, 0.717) is 11.7 Å². The molecule has 1 atom stereocenters. The Kier molecular flexibility index (Phi) is 8.88. The minimum absolute atomic E-state index is 0.0689. The van der Waals surface area contributed by atoms with E-state index >= 15 is 0 Å². The van der Waals surface area contributed by atoms with E-state index in [1.54, 1.807) is 26.3 Å². The van der Waals surface area contributed by atoms with Crippen LogP contribution in [0.3, 0.4) is 0 Å². The van der Waals surface area contributed by atoms with Gasteiger partial charge in [-0.2, -0.15) is 4.98 Å². The summed E-state index contributed by atoms with van der Waals surface area (Å²) in [6.45, 7) is 5.41. The zero-order valence-electron chi connectivity index (χ0n) is 17.7. The van der Waals surface area contributed by atoms with Crippen molar-refractivity contribution in [2.24, 2.45) is 5.92 Å². The van der Waals surface area contributed by atoms with Gasteiger partial charge in [-0.3, -0.25) is 10.0 Å². The van der Waals surface area contributed by atoms with Crippen molar-refractivity contribution in [3.05, 3.63) is 11.7 Å². The highest BCUT2D eigenvalue weighted by Gasteiger charge is 2.24. The van der Waals surface area contributed by atoms with Crippen molar-refractivity contribution in [1.82, 2.24) is 20.9 Å². The Morgan fingerprint density at radius 2 is 2.00 bits per heavy atom. The van der Waals surface area contributed by atoms with Crippen molar-refractivity contribution >= 4 is 12.0 Å². The number of hydrogen-bond acceptors (Lipinski definition) is 7. The highest BCUT2D eigenvalue weighted by molar-refractivity contribution is 5.75. The SMILES string of the molecule is CC(C)(C)OC(=O)NCc1noc([C@H](CCCC2CCCCC2)CC(=O)NO)n1. The first-order valence-electron chi connectivity index (χ1n) is 10.5. The molecule has 2 amide bonds. The van der Waals surface area contributed by atoms with Gasteiger partial charge >= 0.3 is 6.09 Å². The van der Waals surface area contributed by atoms with Crippen LogP contribution >= 0.6 is 0 Å². The zero-order valence-corrected chi connectivity index (χ0v) is 17.7. The summed E-state index contributed by atoms with van der Waals surface area (Å²) in [5.41, 5.74) is 1.08. The van der Waals surface area contributed by atoms with Gasteiger partial charge in [-0.05, 0) is 33.1 Å². The molecule has 1 fully saturated rings. The van der Waals surface area contributed by atoms with Crippen LogP contribution in [0.5, 0.6) is 0 Å². The summed E-state index contributed by atoms with van der Waals surface area (Å²) in [7, 11) is 0. The Morgan fingerprint density at radius 3 is 2.66 bits per heavy atom. The van der Waals surface area contributed by atoms with E-state index in [0.717, 1.165) is 25.2 Å². The summed E-state index contributed by atoms with van der Waals surface area (Å²) in [6.07, 6.45) is 8.82. The molecule has 0 unspecified atom stereocenters. The van der Waals surface area contributed by atoms with E-state index in [2.05, 4.69) is 15.5 Å². The van der Waals surface area contributed by atoms with Gasteiger partial charge in [-0.15, -0.1) is 0 Å². The predicted octanol–water partition coefficient (Wildman–Crippen LogP) is 3.82.